The van der Waals surface area contributed by atoms with Gasteiger partial charge in [-0.25, -0.2) is 27.9 Å². The third-order valence-electron chi connectivity index (χ3n) is 4.96. The van der Waals surface area contributed by atoms with Crippen LogP contribution in [0.1, 0.15) is 19.8 Å². The van der Waals surface area contributed by atoms with Crippen molar-refractivity contribution in [3.63, 3.8) is 0 Å². The first kappa shape index (κ1) is 21.7. The summed E-state index contributed by atoms with van der Waals surface area (Å²) in [4.78, 5) is 19.1. The fourth-order valence-corrected chi connectivity index (χ4v) is 3.16. The van der Waals surface area contributed by atoms with E-state index < -0.39 is 23.7 Å². The van der Waals surface area contributed by atoms with Crippen molar-refractivity contribution in [2.24, 2.45) is 11.7 Å². The number of oxazole rings is 1. The smallest absolute Gasteiger partial charge is 0.312 e. The summed E-state index contributed by atoms with van der Waals surface area (Å²) in [5.74, 6) is -3.30. The maximum atomic E-state index is 14.6. The van der Waals surface area contributed by atoms with Crippen molar-refractivity contribution in [1.82, 2.24) is 15.3 Å². The van der Waals surface area contributed by atoms with Crippen LogP contribution in [0.25, 0.3) is 22.7 Å². The van der Waals surface area contributed by atoms with E-state index >= 15 is 0 Å². The number of nitrogens with one attached hydrogen (secondary N) is 1. The molecule has 3 N–H and O–H groups in total. The van der Waals surface area contributed by atoms with E-state index in [4.69, 9.17) is 19.6 Å². The molecule has 0 saturated heterocycles. The van der Waals surface area contributed by atoms with Gasteiger partial charge in [0.15, 0.2) is 17.1 Å². The molecule has 0 radical (unpaired) electrons. The van der Waals surface area contributed by atoms with Gasteiger partial charge in [-0.1, -0.05) is 0 Å². The van der Waals surface area contributed by atoms with E-state index in [9.17, 15) is 18.0 Å². The molecule has 2 unspecified atom stereocenters. The number of benzene rings is 1. The average molecular weight is 450 g/mol. The third-order valence-corrected chi connectivity index (χ3v) is 4.96. The van der Waals surface area contributed by atoms with Gasteiger partial charge in [0.2, 0.25) is 5.89 Å². The molecule has 1 aliphatic carbocycles. The maximum absolute atomic E-state index is 14.6. The van der Waals surface area contributed by atoms with E-state index in [1.54, 1.807) is 25.1 Å². The van der Waals surface area contributed by atoms with Crippen molar-refractivity contribution in [3.05, 3.63) is 36.3 Å². The van der Waals surface area contributed by atoms with Crippen LogP contribution < -0.4 is 20.5 Å². The van der Waals surface area contributed by atoms with E-state index in [1.165, 1.54) is 6.20 Å². The van der Waals surface area contributed by atoms with E-state index in [-0.39, 0.29) is 49.4 Å². The number of fused-ring (bicyclic) bond motifs is 1. The number of nitrogens with two attached hydrogens (primary N) is 1. The van der Waals surface area contributed by atoms with Gasteiger partial charge in [-0.2, -0.15) is 0 Å². The Balaban J connectivity index is 1.40. The Morgan fingerprint density at radius 3 is 2.81 bits per heavy atom. The van der Waals surface area contributed by atoms with Crippen molar-refractivity contribution >= 4 is 17.1 Å². The number of rotatable bonds is 9. The number of carbonyl (C=O) groups is 1. The van der Waals surface area contributed by atoms with Crippen LogP contribution >= 0.6 is 0 Å². The first-order valence-electron chi connectivity index (χ1n) is 9.97. The fraction of sp³-hybridized carbons (Fsp3) is 0.381. The second kappa shape index (κ2) is 8.56. The molecule has 8 nitrogen and oxygen atoms in total. The van der Waals surface area contributed by atoms with Gasteiger partial charge < -0.3 is 24.9 Å². The fourth-order valence-electron chi connectivity index (χ4n) is 3.16. The zero-order chi connectivity index (χ0) is 22.9. The highest BCUT2D eigenvalue weighted by atomic mass is 19.3. The molecule has 2 aromatic heterocycles. The highest BCUT2D eigenvalue weighted by molar-refractivity contribution is 5.77. The Bertz CT molecular complexity index is 1140. The van der Waals surface area contributed by atoms with Gasteiger partial charge in [-0.15, -0.1) is 0 Å². The van der Waals surface area contributed by atoms with Crippen molar-refractivity contribution in [1.29, 1.82) is 0 Å². The SMILES string of the molecule is CC(COc1cnc(-c2nc3ccc(OCCC4CC4(F)F)cc3o2)c(F)c1)NC(N)=O. The highest BCUT2D eigenvalue weighted by Gasteiger charge is 2.56. The molecule has 0 spiro atoms. The Morgan fingerprint density at radius 2 is 2.12 bits per heavy atom. The number of alkyl halides is 2. The molecule has 4 rings (SSSR count). The largest absolute Gasteiger partial charge is 0.493 e. The topological polar surface area (TPSA) is 112 Å². The Kier molecular flexibility index (Phi) is 5.81. The number of hydrogen-bond acceptors (Lipinski definition) is 6. The molecule has 2 amide bonds. The molecule has 0 bridgehead atoms. The molecule has 2 atom stereocenters. The highest BCUT2D eigenvalue weighted by Crippen LogP contribution is 2.50. The number of urea groups is 1. The molecule has 32 heavy (non-hydrogen) atoms. The van der Waals surface area contributed by atoms with Crippen LogP contribution in [0.15, 0.2) is 34.9 Å². The van der Waals surface area contributed by atoms with E-state index in [0.29, 0.717) is 16.8 Å². The molecule has 170 valence electrons. The molecular weight excluding hydrogens is 429 g/mol. The number of carbonyl (C=O) groups excluding carboxylic acids is 1. The van der Waals surface area contributed by atoms with Crippen LogP contribution in [0.2, 0.25) is 0 Å². The molecule has 2 heterocycles. The van der Waals surface area contributed by atoms with E-state index in [2.05, 4.69) is 15.3 Å². The monoisotopic (exact) mass is 450 g/mol. The summed E-state index contributed by atoms with van der Waals surface area (Å²) in [6.45, 7) is 1.92. The summed E-state index contributed by atoms with van der Waals surface area (Å²) in [6.07, 6.45) is 1.49. The summed E-state index contributed by atoms with van der Waals surface area (Å²) in [5, 5.41) is 2.44. The van der Waals surface area contributed by atoms with Crippen molar-refractivity contribution in [2.75, 3.05) is 13.2 Å². The first-order valence-corrected chi connectivity index (χ1v) is 9.97. The Hall–Kier alpha value is -3.50. The first-order chi connectivity index (χ1) is 15.2. The minimum absolute atomic E-state index is 0.0254. The van der Waals surface area contributed by atoms with Crippen LogP contribution in [-0.2, 0) is 0 Å². The Morgan fingerprint density at radius 1 is 1.34 bits per heavy atom. The summed E-state index contributed by atoms with van der Waals surface area (Å²) in [6, 6.07) is 4.92. The van der Waals surface area contributed by atoms with Gasteiger partial charge >= 0.3 is 6.03 Å². The van der Waals surface area contributed by atoms with Crippen LogP contribution in [0, 0.1) is 11.7 Å². The van der Waals surface area contributed by atoms with Gasteiger partial charge in [-0.05, 0) is 25.5 Å². The van der Waals surface area contributed by atoms with Crippen molar-refractivity contribution in [2.45, 2.75) is 31.7 Å². The summed E-state index contributed by atoms with van der Waals surface area (Å²) in [5.41, 5.74) is 5.74. The van der Waals surface area contributed by atoms with Gasteiger partial charge in [-0.3, -0.25) is 0 Å². The quantitative estimate of drug-likeness (QED) is 0.512. The summed E-state index contributed by atoms with van der Waals surface area (Å²) in [7, 11) is 0. The number of pyridine rings is 1. The second-order valence-corrected chi connectivity index (χ2v) is 7.67. The maximum Gasteiger partial charge on any atom is 0.312 e. The van der Waals surface area contributed by atoms with Crippen LogP contribution in [0.4, 0.5) is 18.0 Å². The number of amides is 2. The minimum Gasteiger partial charge on any atom is -0.493 e. The molecule has 1 aliphatic rings. The molecule has 1 aromatic carbocycles. The Labute approximate surface area is 180 Å². The normalized spacial score (nSPS) is 17.7. The van der Waals surface area contributed by atoms with Gasteiger partial charge in [0, 0.05) is 24.5 Å². The number of halogens is 3. The minimum atomic E-state index is -2.57. The standard InChI is InChI=1S/C21H21F3N4O4/c1-11(27-20(25)29)10-31-14-6-15(22)18(26-9-14)19-28-16-3-2-13(7-17(16)32-19)30-5-4-12-8-21(12,23)24/h2-3,6-7,9,11-12H,4-5,8,10H2,1H3,(H3,25,27,29). The summed E-state index contributed by atoms with van der Waals surface area (Å²) < 4.78 is 57.0. The second-order valence-electron chi connectivity index (χ2n) is 7.67. The molecule has 11 heteroatoms. The van der Waals surface area contributed by atoms with E-state index in [0.717, 1.165) is 6.07 Å². The van der Waals surface area contributed by atoms with E-state index in [1.807, 2.05) is 0 Å². The molecule has 1 saturated carbocycles. The van der Waals surface area contributed by atoms with Gasteiger partial charge in [0.05, 0.1) is 18.8 Å². The number of nitrogens with zero attached hydrogens (tertiary/aromatic N) is 2. The predicted octanol–water partition coefficient (Wildman–Crippen LogP) is 3.89. The lowest BCUT2D eigenvalue weighted by molar-refractivity contribution is 0.0930. The van der Waals surface area contributed by atoms with Crippen LogP contribution in [-0.4, -0.2) is 41.2 Å². The summed E-state index contributed by atoms with van der Waals surface area (Å²) >= 11 is 0. The van der Waals surface area contributed by atoms with Crippen molar-refractivity contribution in [3.8, 4) is 23.1 Å². The lowest BCUT2D eigenvalue weighted by atomic mass is 10.3. The lowest BCUT2D eigenvalue weighted by Gasteiger charge is -2.13. The van der Waals surface area contributed by atoms with Crippen molar-refractivity contribution < 1.29 is 31.9 Å². The zero-order valence-electron chi connectivity index (χ0n) is 17.1. The van der Waals surface area contributed by atoms with Crippen LogP contribution in [0.5, 0.6) is 11.5 Å². The zero-order valence-corrected chi connectivity index (χ0v) is 17.1. The average Bonchev–Trinajstić information content (AvgIpc) is 3.13. The molecular formula is C21H21F3N4O4. The number of primary amides is 1. The number of ether oxygens (including phenoxy) is 2. The third kappa shape index (κ3) is 5.04. The van der Waals surface area contributed by atoms with Gasteiger partial charge in [0.1, 0.15) is 23.6 Å². The predicted molar refractivity (Wildman–Crippen MR) is 108 cm³/mol. The molecule has 3 aromatic rings. The number of hydrogen-bond donors (Lipinski definition) is 2. The number of aromatic nitrogens is 2. The molecule has 1 fully saturated rings. The lowest BCUT2D eigenvalue weighted by Crippen LogP contribution is -2.40. The molecule has 0 aliphatic heterocycles. The van der Waals surface area contributed by atoms with Gasteiger partial charge in [0.25, 0.3) is 5.92 Å². The van der Waals surface area contributed by atoms with Crippen LogP contribution in [0.3, 0.4) is 0 Å².